The van der Waals surface area contributed by atoms with Gasteiger partial charge in [0.2, 0.25) is 0 Å². The molecule has 0 amide bonds. The highest BCUT2D eigenvalue weighted by Gasteiger charge is 2.13. The number of nitrogens with zero attached hydrogens (tertiary/aromatic N) is 2. The Morgan fingerprint density at radius 2 is 1.54 bits per heavy atom. The molecule has 1 aliphatic rings. The van der Waals surface area contributed by atoms with Gasteiger partial charge in [-0.1, -0.05) is 70.6 Å². The number of fused-ring (bicyclic) bond motifs is 6. The van der Waals surface area contributed by atoms with Crippen LogP contribution in [0.2, 0.25) is 0 Å². The zero-order chi connectivity index (χ0) is 17.5. The Morgan fingerprint density at radius 1 is 0.808 bits per heavy atom. The molecule has 0 radical (unpaired) electrons. The summed E-state index contributed by atoms with van der Waals surface area (Å²) >= 11 is 3.71. The van der Waals surface area contributed by atoms with Crippen LogP contribution in [0.1, 0.15) is 12.0 Å². The van der Waals surface area contributed by atoms with Gasteiger partial charge in [0.1, 0.15) is 0 Å². The molecule has 0 atom stereocenters. The number of hydrogen-bond acceptors (Lipinski definition) is 2. The van der Waals surface area contributed by atoms with E-state index in [-0.39, 0.29) is 0 Å². The lowest BCUT2D eigenvalue weighted by Gasteiger charge is -2.12. The minimum absolute atomic E-state index is 0.933. The molecule has 0 N–H and O–H groups in total. The van der Waals surface area contributed by atoms with E-state index in [9.17, 15) is 0 Å². The summed E-state index contributed by atoms with van der Waals surface area (Å²) in [6, 6.07) is 15.1. The summed E-state index contributed by atoms with van der Waals surface area (Å²) in [6.45, 7) is 0. The molecule has 0 unspecified atom stereocenters. The van der Waals surface area contributed by atoms with Gasteiger partial charge in [-0.15, -0.1) is 0 Å². The van der Waals surface area contributed by atoms with Crippen molar-refractivity contribution >= 4 is 54.1 Å². The van der Waals surface area contributed by atoms with Crippen LogP contribution in [-0.2, 0) is 0 Å². The standard InChI is InChI=1S/C23H15BrN2/c24-21-9-3-1-2-6-16(21)15-10-11-19-20(14-15)17-7-4-5-8-18(17)22-23(19)26-13-12-25-22/h1,3-14H,2H2. The van der Waals surface area contributed by atoms with Gasteiger partial charge >= 0.3 is 0 Å². The molecule has 0 aliphatic heterocycles. The van der Waals surface area contributed by atoms with Crippen molar-refractivity contribution in [2.45, 2.75) is 6.42 Å². The molecule has 26 heavy (non-hydrogen) atoms. The van der Waals surface area contributed by atoms with Crippen LogP contribution < -0.4 is 0 Å². The smallest absolute Gasteiger partial charge is 0.0971 e. The fourth-order valence-corrected chi connectivity index (χ4v) is 4.20. The summed E-state index contributed by atoms with van der Waals surface area (Å²) in [6.07, 6.45) is 13.1. The third-order valence-corrected chi connectivity index (χ3v) is 5.54. The number of aromatic nitrogens is 2. The molecule has 2 nitrogen and oxygen atoms in total. The summed E-state index contributed by atoms with van der Waals surface area (Å²) in [5.74, 6) is 0. The minimum atomic E-state index is 0.933. The maximum atomic E-state index is 4.62. The van der Waals surface area contributed by atoms with Crippen LogP contribution in [-0.4, -0.2) is 9.97 Å². The second kappa shape index (κ2) is 6.19. The number of rotatable bonds is 1. The van der Waals surface area contributed by atoms with Gasteiger partial charge in [0.15, 0.2) is 0 Å². The van der Waals surface area contributed by atoms with E-state index < -0.39 is 0 Å². The maximum absolute atomic E-state index is 4.62. The van der Waals surface area contributed by atoms with Crippen LogP contribution in [0, 0.1) is 0 Å². The highest BCUT2D eigenvalue weighted by atomic mass is 79.9. The predicted molar refractivity (Wildman–Crippen MR) is 113 cm³/mol. The number of allylic oxidation sites excluding steroid dienone is 6. The molecule has 5 rings (SSSR count). The van der Waals surface area contributed by atoms with Crippen molar-refractivity contribution in [2.75, 3.05) is 0 Å². The van der Waals surface area contributed by atoms with Gasteiger partial charge in [0.05, 0.1) is 11.0 Å². The molecule has 124 valence electrons. The van der Waals surface area contributed by atoms with E-state index >= 15 is 0 Å². The van der Waals surface area contributed by atoms with Crippen molar-refractivity contribution in [2.24, 2.45) is 0 Å². The second-order valence-electron chi connectivity index (χ2n) is 6.36. The van der Waals surface area contributed by atoms with Gasteiger partial charge in [0, 0.05) is 27.6 Å². The third kappa shape index (κ3) is 2.39. The van der Waals surface area contributed by atoms with Crippen molar-refractivity contribution in [3.8, 4) is 0 Å². The van der Waals surface area contributed by atoms with E-state index in [1.54, 1.807) is 12.4 Å². The molecule has 3 heteroatoms. The average molecular weight is 399 g/mol. The molecular weight excluding hydrogens is 384 g/mol. The first-order valence-corrected chi connectivity index (χ1v) is 9.40. The van der Waals surface area contributed by atoms with Gasteiger partial charge < -0.3 is 0 Å². The van der Waals surface area contributed by atoms with Crippen LogP contribution in [0.4, 0.5) is 0 Å². The average Bonchev–Trinajstić information content (AvgIpc) is 2.92. The van der Waals surface area contributed by atoms with Crippen molar-refractivity contribution < 1.29 is 0 Å². The molecule has 0 saturated carbocycles. The Hall–Kier alpha value is -2.78. The van der Waals surface area contributed by atoms with Crippen LogP contribution in [0.5, 0.6) is 0 Å². The van der Waals surface area contributed by atoms with Gasteiger partial charge in [-0.2, -0.15) is 0 Å². The molecule has 1 heterocycles. The summed E-state index contributed by atoms with van der Waals surface area (Å²) < 4.78 is 1.11. The van der Waals surface area contributed by atoms with Gasteiger partial charge in [-0.3, -0.25) is 9.97 Å². The van der Waals surface area contributed by atoms with Gasteiger partial charge in [-0.25, -0.2) is 0 Å². The zero-order valence-corrected chi connectivity index (χ0v) is 15.6. The maximum Gasteiger partial charge on any atom is 0.0971 e. The fourth-order valence-electron chi connectivity index (χ4n) is 3.66. The topological polar surface area (TPSA) is 25.8 Å². The van der Waals surface area contributed by atoms with E-state index in [4.69, 9.17) is 0 Å². The molecular formula is C23H15BrN2. The lowest BCUT2D eigenvalue weighted by Crippen LogP contribution is -1.90. The summed E-state index contributed by atoms with van der Waals surface area (Å²) in [7, 11) is 0. The minimum Gasteiger partial charge on any atom is -0.252 e. The first-order valence-electron chi connectivity index (χ1n) is 8.61. The fraction of sp³-hybridized carbons (Fsp3) is 0.0435. The molecule has 0 spiro atoms. The normalized spacial score (nSPS) is 14.5. The molecule has 1 aromatic heterocycles. The van der Waals surface area contributed by atoms with E-state index in [1.807, 2.05) is 0 Å². The predicted octanol–water partition coefficient (Wildman–Crippen LogP) is 6.56. The lowest BCUT2D eigenvalue weighted by atomic mass is 9.95. The Balaban J connectivity index is 1.88. The highest BCUT2D eigenvalue weighted by molar-refractivity contribution is 9.12. The van der Waals surface area contributed by atoms with Crippen molar-refractivity contribution in [1.82, 2.24) is 9.97 Å². The summed E-state index contributed by atoms with van der Waals surface area (Å²) in [5.41, 5.74) is 4.35. The Bertz CT molecular complexity index is 1230. The second-order valence-corrected chi connectivity index (χ2v) is 7.21. The van der Waals surface area contributed by atoms with Gasteiger partial charge in [0.25, 0.3) is 0 Å². The molecule has 1 aliphatic carbocycles. The van der Waals surface area contributed by atoms with E-state index in [0.29, 0.717) is 0 Å². The largest absolute Gasteiger partial charge is 0.252 e. The quantitative estimate of drug-likeness (QED) is 0.339. The molecule has 0 saturated heterocycles. The summed E-state index contributed by atoms with van der Waals surface area (Å²) in [4.78, 5) is 9.22. The van der Waals surface area contributed by atoms with E-state index in [2.05, 4.69) is 92.7 Å². The molecule has 3 aromatic carbocycles. The lowest BCUT2D eigenvalue weighted by molar-refractivity contribution is 1.31. The van der Waals surface area contributed by atoms with Crippen LogP contribution in [0.3, 0.4) is 0 Å². The van der Waals surface area contributed by atoms with Crippen molar-refractivity contribution in [3.05, 3.63) is 89.2 Å². The van der Waals surface area contributed by atoms with Crippen molar-refractivity contribution in [1.29, 1.82) is 0 Å². The number of halogens is 1. The monoisotopic (exact) mass is 398 g/mol. The Kier molecular flexibility index (Phi) is 3.68. The summed E-state index contributed by atoms with van der Waals surface area (Å²) in [5, 5.41) is 4.71. The van der Waals surface area contributed by atoms with E-state index in [1.165, 1.54) is 21.9 Å². The molecule has 0 bridgehead atoms. The highest BCUT2D eigenvalue weighted by Crippen LogP contribution is 2.36. The first kappa shape index (κ1) is 15.5. The number of hydrogen-bond donors (Lipinski definition) is 0. The van der Waals surface area contributed by atoms with Gasteiger partial charge in [-0.05, 0) is 40.5 Å². The SMILES string of the molecule is BrC1=CC=CCC=C1c1ccc2c(c1)c1ccccc1c1nccnc21. The van der Waals surface area contributed by atoms with Crippen LogP contribution >= 0.6 is 15.9 Å². The van der Waals surface area contributed by atoms with E-state index in [0.717, 1.165) is 32.7 Å². The van der Waals surface area contributed by atoms with Crippen molar-refractivity contribution in [3.63, 3.8) is 0 Å². The Labute approximate surface area is 159 Å². The molecule has 4 aromatic rings. The zero-order valence-electron chi connectivity index (χ0n) is 14.0. The van der Waals surface area contributed by atoms with Crippen LogP contribution in [0.25, 0.3) is 38.2 Å². The third-order valence-electron chi connectivity index (χ3n) is 4.85. The number of benzene rings is 3. The molecule has 0 fully saturated rings. The van der Waals surface area contributed by atoms with Crippen LogP contribution in [0.15, 0.2) is 83.6 Å². The Morgan fingerprint density at radius 3 is 2.35 bits per heavy atom. The first-order chi connectivity index (χ1) is 12.8.